The quantitative estimate of drug-likeness (QED) is 0.758. The van der Waals surface area contributed by atoms with Crippen molar-refractivity contribution in [1.82, 2.24) is 0 Å². The second-order valence-corrected chi connectivity index (χ2v) is 5.58. The van der Waals surface area contributed by atoms with Crippen molar-refractivity contribution in [2.45, 2.75) is 12.8 Å². The van der Waals surface area contributed by atoms with Gasteiger partial charge in [0.05, 0.1) is 0 Å². The van der Waals surface area contributed by atoms with Crippen molar-refractivity contribution in [2.24, 2.45) is 0 Å². The van der Waals surface area contributed by atoms with Crippen molar-refractivity contribution < 1.29 is 9.18 Å². The van der Waals surface area contributed by atoms with Crippen molar-refractivity contribution in [3.05, 3.63) is 68.4 Å². The van der Waals surface area contributed by atoms with Crippen LogP contribution in [0, 0.1) is 5.82 Å². The SMILES string of the molecule is O=C(Cc1ccc(Cl)cc1F)Cc1c(Cl)cccc1Cl. The first-order valence-electron chi connectivity index (χ1n) is 5.86. The van der Waals surface area contributed by atoms with Gasteiger partial charge in [0.2, 0.25) is 0 Å². The zero-order valence-electron chi connectivity index (χ0n) is 10.3. The first-order chi connectivity index (χ1) is 9.47. The monoisotopic (exact) mass is 330 g/mol. The molecule has 104 valence electrons. The summed E-state index contributed by atoms with van der Waals surface area (Å²) in [4.78, 5) is 12.0. The Hall–Kier alpha value is -1.09. The number of carbonyl (C=O) groups is 1. The van der Waals surface area contributed by atoms with Gasteiger partial charge in [0.1, 0.15) is 11.6 Å². The molecule has 20 heavy (non-hydrogen) atoms. The van der Waals surface area contributed by atoms with E-state index in [2.05, 4.69) is 0 Å². The lowest BCUT2D eigenvalue weighted by molar-refractivity contribution is -0.117. The van der Waals surface area contributed by atoms with Crippen molar-refractivity contribution in [3.63, 3.8) is 0 Å². The number of hydrogen-bond donors (Lipinski definition) is 0. The Morgan fingerprint density at radius 1 is 1.00 bits per heavy atom. The molecule has 0 spiro atoms. The molecule has 0 fully saturated rings. The summed E-state index contributed by atoms with van der Waals surface area (Å²) >= 11 is 17.7. The summed E-state index contributed by atoms with van der Waals surface area (Å²) in [7, 11) is 0. The standard InChI is InChI=1S/C15H10Cl3FO/c16-10-5-4-9(15(19)7-10)6-11(20)8-12-13(17)2-1-3-14(12)18/h1-5,7H,6,8H2. The largest absolute Gasteiger partial charge is 0.299 e. The van der Waals surface area contributed by atoms with Gasteiger partial charge in [-0.3, -0.25) is 4.79 Å². The van der Waals surface area contributed by atoms with Crippen LogP contribution < -0.4 is 0 Å². The van der Waals surface area contributed by atoms with E-state index in [9.17, 15) is 9.18 Å². The fraction of sp³-hybridized carbons (Fsp3) is 0.133. The number of hydrogen-bond acceptors (Lipinski definition) is 1. The van der Waals surface area contributed by atoms with E-state index in [-0.39, 0.29) is 18.6 Å². The van der Waals surface area contributed by atoms with Crippen LogP contribution in [0.4, 0.5) is 4.39 Å². The summed E-state index contributed by atoms with van der Waals surface area (Å²) in [5, 5.41) is 1.16. The highest BCUT2D eigenvalue weighted by Crippen LogP contribution is 2.25. The van der Waals surface area contributed by atoms with Crippen LogP contribution in [0.25, 0.3) is 0 Å². The van der Waals surface area contributed by atoms with Crippen LogP contribution in [0.2, 0.25) is 15.1 Å². The third-order valence-electron chi connectivity index (χ3n) is 2.84. The summed E-state index contributed by atoms with van der Waals surface area (Å²) in [5.41, 5.74) is 0.873. The summed E-state index contributed by atoms with van der Waals surface area (Å²) < 4.78 is 13.6. The lowest BCUT2D eigenvalue weighted by Crippen LogP contribution is -2.08. The molecule has 0 aromatic heterocycles. The van der Waals surface area contributed by atoms with Crippen LogP contribution in [0.1, 0.15) is 11.1 Å². The Labute approximate surface area is 131 Å². The molecule has 0 N–H and O–H groups in total. The Morgan fingerprint density at radius 3 is 2.25 bits per heavy atom. The molecule has 2 aromatic carbocycles. The minimum atomic E-state index is -0.490. The maximum atomic E-state index is 13.6. The van der Waals surface area contributed by atoms with Crippen LogP contribution >= 0.6 is 34.8 Å². The van der Waals surface area contributed by atoms with E-state index in [4.69, 9.17) is 34.8 Å². The molecule has 0 aliphatic rings. The summed E-state index contributed by atoms with van der Waals surface area (Å²) in [6.07, 6.45) is 0.0468. The van der Waals surface area contributed by atoms with E-state index in [1.165, 1.54) is 12.1 Å². The fourth-order valence-corrected chi connectivity index (χ4v) is 2.53. The molecule has 0 amide bonds. The smallest absolute Gasteiger partial charge is 0.141 e. The molecule has 0 heterocycles. The Kier molecular flexibility index (Phi) is 5.03. The van der Waals surface area contributed by atoms with E-state index < -0.39 is 5.82 Å². The van der Waals surface area contributed by atoms with Gasteiger partial charge in [-0.2, -0.15) is 0 Å². The average Bonchev–Trinajstić information content (AvgIpc) is 2.37. The Balaban J connectivity index is 2.13. The molecule has 0 aliphatic heterocycles. The van der Waals surface area contributed by atoms with Crippen molar-refractivity contribution >= 4 is 40.6 Å². The van der Waals surface area contributed by atoms with Gasteiger partial charge in [0, 0.05) is 27.9 Å². The molecular formula is C15H10Cl3FO. The van der Waals surface area contributed by atoms with E-state index >= 15 is 0 Å². The minimum absolute atomic E-state index is 0.0233. The van der Waals surface area contributed by atoms with E-state index in [1.807, 2.05) is 0 Å². The number of carbonyl (C=O) groups excluding carboxylic acids is 1. The van der Waals surface area contributed by atoms with E-state index in [0.29, 0.717) is 26.2 Å². The molecular weight excluding hydrogens is 322 g/mol. The molecule has 0 saturated heterocycles. The second-order valence-electron chi connectivity index (χ2n) is 4.33. The van der Waals surface area contributed by atoms with Gasteiger partial charge in [0.25, 0.3) is 0 Å². The maximum Gasteiger partial charge on any atom is 0.141 e. The number of Topliss-reactive ketones (excluding diaryl/α,β-unsaturated/α-hetero) is 1. The molecule has 0 aliphatic carbocycles. The summed E-state index contributed by atoms with van der Waals surface area (Å²) in [5.74, 6) is -0.655. The van der Waals surface area contributed by atoms with E-state index in [1.54, 1.807) is 24.3 Å². The molecule has 0 radical (unpaired) electrons. The zero-order chi connectivity index (χ0) is 14.7. The summed E-state index contributed by atoms with van der Waals surface area (Å²) in [6.45, 7) is 0. The van der Waals surface area contributed by atoms with E-state index in [0.717, 1.165) is 0 Å². The predicted octanol–water partition coefficient (Wildman–Crippen LogP) is 5.14. The van der Waals surface area contributed by atoms with Crippen LogP contribution in [-0.2, 0) is 17.6 Å². The maximum absolute atomic E-state index is 13.6. The number of ketones is 1. The number of rotatable bonds is 4. The highest BCUT2D eigenvalue weighted by atomic mass is 35.5. The van der Waals surface area contributed by atoms with Crippen LogP contribution in [0.15, 0.2) is 36.4 Å². The molecule has 0 saturated carbocycles. The molecule has 0 atom stereocenters. The molecule has 5 heteroatoms. The highest BCUT2D eigenvalue weighted by molar-refractivity contribution is 6.36. The highest BCUT2D eigenvalue weighted by Gasteiger charge is 2.13. The van der Waals surface area contributed by atoms with Crippen LogP contribution in [0.5, 0.6) is 0 Å². The minimum Gasteiger partial charge on any atom is -0.299 e. The summed E-state index contributed by atoms with van der Waals surface area (Å²) in [6, 6.07) is 9.28. The van der Waals surface area contributed by atoms with Gasteiger partial charge < -0.3 is 0 Å². The number of halogens is 4. The third kappa shape index (κ3) is 3.72. The zero-order valence-corrected chi connectivity index (χ0v) is 12.6. The second kappa shape index (κ2) is 6.57. The van der Waals surface area contributed by atoms with Gasteiger partial charge >= 0.3 is 0 Å². The Bertz CT molecular complexity index is 635. The molecule has 0 bridgehead atoms. The third-order valence-corrected chi connectivity index (χ3v) is 3.78. The lowest BCUT2D eigenvalue weighted by atomic mass is 10.0. The van der Waals surface area contributed by atoms with Crippen molar-refractivity contribution in [2.75, 3.05) is 0 Å². The Morgan fingerprint density at radius 2 is 1.65 bits per heavy atom. The van der Waals surface area contributed by atoms with Crippen molar-refractivity contribution in [3.8, 4) is 0 Å². The first kappa shape index (κ1) is 15.3. The molecule has 2 aromatic rings. The van der Waals surface area contributed by atoms with Gasteiger partial charge in [0.15, 0.2) is 0 Å². The first-order valence-corrected chi connectivity index (χ1v) is 6.99. The van der Waals surface area contributed by atoms with Gasteiger partial charge in [-0.15, -0.1) is 0 Å². The average molecular weight is 332 g/mol. The molecule has 1 nitrogen and oxygen atoms in total. The fourth-order valence-electron chi connectivity index (χ4n) is 1.84. The predicted molar refractivity (Wildman–Crippen MR) is 80.3 cm³/mol. The molecule has 2 rings (SSSR count). The van der Waals surface area contributed by atoms with Crippen LogP contribution in [-0.4, -0.2) is 5.78 Å². The van der Waals surface area contributed by atoms with Crippen molar-refractivity contribution in [1.29, 1.82) is 0 Å². The van der Waals surface area contributed by atoms with Gasteiger partial charge in [-0.25, -0.2) is 4.39 Å². The van der Waals surface area contributed by atoms with Gasteiger partial charge in [-0.1, -0.05) is 46.9 Å². The topological polar surface area (TPSA) is 17.1 Å². The molecule has 0 unspecified atom stereocenters. The lowest BCUT2D eigenvalue weighted by Gasteiger charge is -2.07. The van der Waals surface area contributed by atoms with Crippen LogP contribution in [0.3, 0.4) is 0 Å². The number of benzene rings is 2. The van der Waals surface area contributed by atoms with Gasteiger partial charge in [-0.05, 0) is 35.4 Å². The normalized spacial score (nSPS) is 10.6.